The number of alkyl carbamates (subject to hydrolysis) is 1. The summed E-state index contributed by atoms with van der Waals surface area (Å²) >= 11 is 0. The van der Waals surface area contributed by atoms with Crippen molar-refractivity contribution in [2.24, 2.45) is 5.41 Å². The first-order valence-corrected chi connectivity index (χ1v) is 7.55. The maximum absolute atomic E-state index is 12.0. The van der Waals surface area contributed by atoms with E-state index in [1.54, 1.807) is 6.92 Å². The van der Waals surface area contributed by atoms with E-state index in [9.17, 15) is 14.7 Å². The largest absolute Gasteiger partial charge is 0.481 e. The minimum Gasteiger partial charge on any atom is -0.481 e. The van der Waals surface area contributed by atoms with Crippen molar-refractivity contribution in [2.75, 3.05) is 0 Å². The highest BCUT2D eigenvalue weighted by Crippen LogP contribution is 2.41. The van der Waals surface area contributed by atoms with Gasteiger partial charge < -0.3 is 15.2 Å². The fourth-order valence-corrected chi connectivity index (χ4v) is 3.20. The van der Waals surface area contributed by atoms with Gasteiger partial charge in [0.2, 0.25) is 0 Å². The summed E-state index contributed by atoms with van der Waals surface area (Å²) in [6, 6.07) is 9.45. The van der Waals surface area contributed by atoms with Crippen LogP contribution >= 0.6 is 0 Å². The van der Waals surface area contributed by atoms with Gasteiger partial charge in [-0.2, -0.15) is 0 Å². The van der Waals surface area contributed by atoms with Gasteiger partial charge in [-0.1, -0.05) is 36.8 Å². The summed E-state index contributed by atoms with van der Waals surface area (Å²) < 4.78 is 5.23. The van der Waals surface area contributed by atoms with Gasteiger partial charge in [-0.3, -0.25) is 4.79 Å². The standard InChI is InChI=1S/C17H23NO4/c1-16(14(19)20)9-6-10-17(2,12-16)18-15(21)22-11-13-7-4-3-5-8-13/h3-5,7-8H,6,9-12H2,1-2H3,(H,18,21)(H,19,20). The molecule has 0 spiro atoms. The zero-order chi connectivity index (χ0) is 16.2. The molecule has 0 bridgehead atoms. The molecule has 1 saturated carbocycles. The molecule has 2 N–H and O–H groups in total. The monoisotopic (exact) mass is 305 g/mol. The average molecular weight is 305 g/mol. The van der Waals surface area contributed by atoms with Gasteiger partial charge in [0.25, 0.3) is 0 Å². The third-order valence-corrected chi connectivity index (χ3v) is 4.37. The highest BCUT2D eigenvalue weighted by Gasteiger charge is 2.45. The fraction of sp³-hybridized carbons (Fsp3) is 0.529. The zero-order valence-corrected chi connectivity index (χ0v) is 13.1. The third-order valence-electron chi connectivity index (χ3n) is 4.37. The Kier molecular flexibility index (Phi) is 4.74. The number of carbonyl (C=O) groups is 2. The van der Waals surface area contributed by atoms with Crippen LogP contribution in [0.2, 0.25) is 0 Å². The number of carboxylic acids is 1. The number of ether oxygens (including phenoxy) is 1. The molecule has 1 amide bonds. The number of hydrogen-bond donors (Lipinski definition) is 2. The molecule has 1 aromatic rings. The first kappa shape index (κ1) is 16.3. The Morgan fingerprint density at radius 3 is 2.55 bits per heavy atom. The van der Waals surface area contributed by atoms with Crippen molar-refractivity contribution in [1.82, 2.24) is 5.32 Å². The summed E-state index contributed by atoms with van der Waals surface area (Å²) in [6.07, 6.45) is 2.09. The first-order valence-electron chi connectivity index (χ1n) is 7.55. The van der Waals surface area contributed by atoms with Crippen LogP contribution < -0.4 is 5.32 Å². The van der Waals surface area contributed by atoms with Crippen LogP contribution in [0.4, 0.5) is 4.79 Å². The summed E-state index contributed by atoms with van der Waals surface area (Å²) in [4.78, 5) is 23.4. The summed E-state index contributed by atoms with van der Waals surface area (Å²) in [6.45, 7) is 3.83. The highest BCUT2D eigenvalue weighted by molar-refractivity contribution is 5.75. The van der Waals surface area contributed by atoms with Crippen molar-refractivity contribution in [1.29, 1.82) is 0 Å². The van der Waals surface area contributed by atoms with Gasteiger partial charge in [0.15, 0.2) is 0 Å². The lowest BCUT2D eigenvalue weighted by Crippen LogP contribution is -2.53. The van der Waals surface area contributed by atoms with Crippen LogP contribution in [-0.2, 0) is 16.1 Å². The summed E-state index contributed by atoms with van der Waals surface area (Å²) in [5.74, 6) is -0.808. The van der Waals surface area contributed by atoms with Crippen molar-refractivity contribution < 1.29 is 19.4 Å². The number of carbonyl (C=O) groups excluding carboxylic acids is 1. The second-order valence-corrected chi connectivity index (χ2v) is 6.64. The topological polar surface area (TPSA) is 75.6 Å². The number of hydrogen-bond acceptors (Lipinski definition) is 3. The lowest BCUT2D eigenvalue weighted by Gasteiger charge is -2.42. The molecule has 22 heavy (non-hydrogen) atoms. The highest BCUT2D eigenvalue weighted by atomic mass is 16.5. The lowest BCUT2D eigenvalue weighted by molar-refractivity contribution is -0.151. The van der Waals surface area contributed by atoms with E-state index in [1.165, 1.54) is 0 Å². The molecule has 1 aromatic carbocycles. The summed E-state index contributed by atoms with van der Waals surface area (Å²) in [5, 5.41) is 12.2. The molecule has 0 aliphatic heterocycles. The molecule has 120 valence electrons. The molecule has 1 aliphatic carbocycles. The Labute approximate surface area is 130 Å². The van der Waals surface area contributed by atoms with E-state index in [2.05, 4.69) is 5.32 Å². The smallest absolute Gasteiger partial charge is 0.407 e. The van der Waals surface area contributed by atoms with Gasteiger partial charge in [0.05, 0.1) is 5.41 Å². The Morgan fingerprint density at radius 2 is 1.91 bits per heavy atom. The van der Waals surface area contributed by atoms with E-state index in [-0.39, 0.29) is 6.61 Å². The summed E-state index contributed by atoms with van der Waals surface area (Å²) in [7, 11) is 0. The van der Waals surface area contributed by atoms with Gasteiger partial charge in [-0.15, -0.1) is 0 Å². The molecular formula is C17H23NO4. The number of benzene rings is 1. The molecular weight excluding hydrogens is 282 g/mol. The van der Waals surface area contributed by atoms with Gasteiger partial charge in [0, 0.05) is 5.54 Å². The normalized spacial score (nSPS) is 27.9. The molecule has 2 atom stereocenters. The number of rotatable bonds is 4. The quantitative estimate of drug-likeness (QED) is 0.894. The van der Waals surface area contributed by atoms with Crippen molar-refractivity contribution >= 4 is 12.1 Å². The molecule has 1 fully saturated rings. The van der Waals surface area contributed by atoms with E-state index >= 15 is 0 Å². The second-order valence-electron chi connectivity index (χ2n) is 6.64. The molecule has 0 heterocycles. The molecule has 5 nitrogen and oxygen atoms in total. The van der Waals surface area contributed by atoms with E-state index in [0.717, 1.165) is 18.4 Å². The van der Waals surface area contributed by atoms with E-state index in [1.807, 2.05) is 37.3 Å². The number of carboxylic acid groups (broad SMARTS) is 1. The van der Waals surface area contributed by atoms with Crippen LogP contribution in [0.1, 0.15) is 45.1 Å². The molecule has 0 radical (unpaired) electrons. The maximum Gasteiger partial charge on any atom is 0.407 e. The van der Waals surface area contributed by atoms with Gasteiger partial charge >= 0.3 is 12.1 Å². The van der Waals surface area contributed by atoms with Crippen LogP contribution in [0.25, 0.3) is 0 Å². The lowest BCUT2D eigenvalue weighted by atomic mass is 9.68. The Hall–Kier alpha value is -2.04. The molecule has 2 unspecified atom stereocenters. The third kappa shape index (κ3) is 4.00. The molecule has 1 aliphatic rings. The number of amides is 1. The van der Waals surface area contributed by atoms with Crippen molar-refractivity contribution in [3.05, 3.63) is 35.9 Å². The van der Waals surface area contributed by atoms with Crippen LogP contribution in [-0.4, -0.2) is 22.7 Å². The minimum absolute atomic E-state index is 0.207. The van der Waals surface area contributed by atoms with E-state index in [4.69, 9.17) is 4.74 Å². The van der Waals surface area contributed by atoms with E-state index < -0.39 is 23.0 Å². The SMILES string of the molecule is CC1(NC(=O)OCc2ccccc2)CCCC(C)(C(=O)O)C1. The van der Waals surface area contributed by atoms with Gasteiger partial charge in [-0.05, 0) is 38.7 Å². The Bertz CT molecular complexity index is 545. The average Bonchev–Trinajstić information content (AvgIpc) is 2.45. The summed E-state index contributed by atoms with van der Waals surface area (Å²) in [5.41, 5.74) is -0.416. The molecule has 5 heteroatoms. The van der Waals surface area contributed by atoms with Crippen LogP contribution in [0, 0.1) is 5.41 Å². The Balaban J connectivity index is 1.91. The predicted octanol–water partition coefficient (Wildman–Crippen LogP) is 3.34. The van der Waals surface area contributed by atoms with Crippen molar-refractivity contribution in [3.8, 4) is 0 Å². The predicted molar refractivity (Wildman–Crippen MR) is 82.4 cm³/mol. The first-order chi connectivity index (χ1) is 10.3. The number of nitrogens with one attached hydrogen (secondary N) is 1. The fourth-order valence-electron chi connectivity index (χ4n) is 3.20. The number of aliphatic carboxylic acids is 1. The second kappa shape index (κ2) is 6.38. The minimum atomic E-state index is -0.808. The molecule has 0 aromatic heterocycles. The van der Waals surface area contributed by atoms with Crippen LogP contribution in [0.15, 0.2) is 30.3 Å². The zero-order valence-electron chi connectivity index (χ0n) is 13.1. The van der Waals surface area contributed by atoms with E-state index in [0.29, 0.717) is 12.8 Å². The van der Waals surface area contributed by atoms with Crippen molar-refractivity contribution in [3.63, 3.8) is 0 Å². The maximum atomic E-state index is 12.0. The van der Waals surface area contributed by atoms with Gasteiger partial charge in [-0.25, -0.2) is 4.79 Å². The van der Waals surface area contributed by atoms with Gasteiger partial charge in [0.1, 0.15) is 6.61 Å². The Morgan fingerprint density at radius 1 is 1.23 bits per heavy atom. The van der Waals surface area contributed by atoms with Crippen LogP contribution in [0.5, 0.6) is 0 Å². The molecule has 2 rings (SSSR count). The molecule has 0 saturated heterocycles. The van der Waals surface area contributed by atoms with Crippen LogP contribution in [0.3, 0.4) is 0 Å². The van der Waals surface area contributed by atoms with Crippen molar-refractivity contribution in [2.45, 2.75) is 51.7 Å².